The van der Waals surface area contributed by atoms with E-state index in [1.807, 2.05) is 49.4 Å². The first kappa shape index (κ1) is 15.8. The fourth-order valence-electron chi connectivity index (χ4n) is 2.60. The zero-order valence-electron chi connectivity index (χ0n) is 14.1. The summed E-state index contributed by atoms with van der Waals surface area (Å²) in [7, 11) is 0. The molecule has 0 bridgehead atoms. The Morgan fingerprint density at radius 3 is 2.58 bits per heavy atom. The molecule has 2 aromatic carbocycles. The lowest BCUT2D eigenvalue weighted by Gasteiger charge is -2.05. The summed E-state index contributed by atoms with van der Waals surface area (Å²) in [6.07, 6.45) is 4.61. The summed E-state index contributed by atoms with van der Waals surface area (Å²) in [5.41, 5.74) is 3.98. The number of fused-ring (bicyclic) bond motifs is 1. The van der Waals surface area contributed by atoms with Crippen molar-refractivity contribution in [2.45, 2.75) is 6.92 Å². The molecule has 0 fully saturated rings. The molecule has 0 unspecified atom stereocenters. The van der Waals surface area contributed by atoms with E-state index in [4.69, 9.17) is 4.42 Å². The van der Waals surface area contributed by atoms with Crippen molar-refractivity contribution in [3.63, 3.8) is 0 Å². The minimum atomic E-state index is -0.237. The molecule has 0 radical (unpaired) electrons. The number of carbonyl (C=O) groups excluding carboxylic acids is 1. The monoisotopic (exact) mass is 344 g/mol. The number of hydrogen-bond donors (Lipinski definition) is 1. The van der Waals surface area contributed by atoms with Gasteiger partial charge in [-0.2, -0.15) is 4.80 Å². The lowest BCUT2D eigenvalue weighted by Crippen LogP contribution is -2.08. The standard InChI is InChI=1S/C20H16N4O2/c1-14-12-18-19(23-24(22-18)15-6-3-2-4-7-15)13-17(14)21-20(25)10-9-16-8-5-11-26-16/h2-13H,1H3,(H,21,25). The maximum atomic E-state index is 12.1. The fraction of sp³-hybridized carbons (Fsp3) is 0.0500. The molecule has 0 saturated carbocycles. The number of aryl methyl sites for hydroxylation is 1. The summed E-state index contributed by atoms with van der Waals surface area (Å²) in [5.74, 6) is 0.387. The van der Waals surface area contributed by atoms with Crippen LogP contribution in [0.15, 0.2) is 71.4 Å². The van der Waals surface area contributed by atoms with Crippen LogP contribution in [0.5, 0.6) is 0 Å². The SMILES string of the molecule is Cc1cc2nn(-c3ccccc3)nc2cc1NC(=O)C=Cc1ccco1. The molecular weight excluding hydrogens is 328 g/mol. The molecule has 6 heteroatoms. The van der Waals surface area contributed by atoms with Crippen molar-refractivity contribution in [1.82, 2.24) is 15.0 Å². The van der Waals surface area contributed by atoms with Gasteiger partial charge in [0.05, 0.1) is 12.0 Å². The van der Waals surface area contributed by atoms with Gasteiger partial charge < -0.3 is 9.73 Å². The summed E-state index contributed by atoms with van der Waals surface area (Å²) in [5, 5.41) is 11.9. The van der Waals surface area contributed by atoms with Crippen LogP contribution in [0, 0.1) is 6.92 Å². The van der Waals surface area contributed by atoms with Gasteiger partial charge in [0.2, 0.25) is 5.91 Å². The Bertz CT molecular complexity index is 1080. The highest BCUT2D eigenvalue weighted by Crippen LogP contribution is 2.22. The fourth-order valence-corrected chi connectivity index (χ4v) is 2.60. The number of nitrogens with zero attached hydrogens (tertiary/aromatic N) is 3. The van der Waals surface area contributed by atoms with E-state index < -0.39 is 0 Å². The van der Waals surface area contributed by atoms with Gasteiger partial charge in [-0.3, -0.25) is 4.79 Å². The Balaban J connectivity index is 1.59. The number of anilines is 1. The molecule has 2 aromatic heterocycles. The summed E-state index contributed by atoms with van der Waals surface area (Å²) in [6, 6.07) is 17.0. The van der Waals surface area contributed by atoms with Crippen molar-refractivity contribution in [2.75, 3.05) is 5.32 Å². The molecule has 0 spiro atoms. The van der Waals surface area contributed by atoms with Crippen LogP contribution >= 0.6 is 0 Å². The van der Waals surface area contributed by atoms with Gasteiger partial charge in [0.1, 0.15) is 16.8 Å². The van der Waals surface area contributed by atoms with E-state index in [1.165, 1.54) is 6.08 Å². The molecule has 6 nitrogen and oxygen atoms in total. The quantitative estimate of drug-likeness (QED) is 0.569. The van der Waals surface area contributed by atoms with Crippen LogP contribution in [0.3, 0.4) is 0 Å². The molecular formula is C20H16N4O2. The summed E-state index contributed by atoms with van der Waals surface area (Å²) < 4.78 is 5.17. The highest BCUT2D eigenvalue weighted by Gasteiger charge is 2.09. The van der Waals surface area contributed by atoms with Crippen LogP contribution in [-0.2, 0) is 4.79 Å². The molecule has 0 atom stereocenters. The summed E-state index contributed by atoms with van der Waals surface area (Å²) in [6.45, 7) is 1.92. The highest BCUT2D eigenvalue weighted by molar-refractivity contribution is 6.03. The first-order valence-electron chi connectivity index (χ1n) is 8.15. The van der Waals surface area contributed by atoms with Gasteiger partial charge in [0, 0.05) is 11.8 Å². The van der Waals surface area contributed by atoms with Gasteiger partial charge in [0.25, 0.3) is 0 Å². The van der Waals surface area contributed by atoms with Crippen LogP contribution in [0.25, 0.3) is 22.8 Å². The summed E-state index contributed by atoms with van der Waals surface area (Å²) >= 11 is 0. The molecule has 26 heavy (non-hydrogen) atoms. The van der Waals surface area contributed by atoms with E-state index in [9.17, 15) is 4.79 Å². The number of carbonyl (C=O) groups is 1. The lowest BCUT2D eigenvalue weighted by atomic mass is 10.1. The van der Waals surface area contributed by atoms with E-state index in [2.05, 4.69) is 15.5 Å². The number of aromatic nitrogens is 3. The maximum Gasteiger partial charge on any atom is 0.248 e. The van der Waals surface area contributed by atoms with Gasteiger partial charge in [0.15, 0.2) is 0 Å². The predicted octanol–water partition coefficient (Wildman–Crippen LogP) is 3.97. The second-order valence-electron chi connectivity index (χ2n) is 5.82. The Labute approximate surface area is 149 Å². The first-order valence-corrected chi connectivity index (χ1v) is 8.15. The Kier molecular flexibility index (Phi) is 4.07. The zero-order chi connectivity index (χ0) is 17.9. The van der Waals surface area contributed by atoms with Gasteiger partial charge >= 0.3 is 0 Å². The van der Waals surface area contributed by atoms with E-state index in [0.717, 1.165) is 16.8 Å². The third kappa shape index (κ3) is 3.25. The minimum Gasteiger partial charge on any atom is -0.465 e. The average Bonchev–Trinajstić information content (AvgIpc) is 3.30. The average molecular weight is 344 g/mol. The number of para-hydroxylation sites is 1. The van der Waals surface area contributed by atoms with Crippen molar-refractivity contribution in [1.29, 1.82) is 0 Å². The number of nitrogens with one attached hydrogen (secondary N) is 1. The Hall–Kier alpha value is -3.67. The molecule has 0 aliphatic heterocycles. The number of rotatable bonds is 4. The van der Waals surface area contributed by atoms with Crippen LogP contribution in [-0.4, -0.2) is 20.9 Å². The summed E-state index contributed by atoms with van der Waals surface area (Å²) in [4.78, 5) is 13.7. The maximum absolute atomic E-state index is 12.1. The smallest absolute Gasteiger partial charge is 0.248 e. The van der Waals surface area contributed by atoms with Crippen molar-refractivity contribution in [3.8, 4) is 5.69 Å². The van der Waals surface area contributed by atoms with Gasteiger partial charge in [-0.05, 0) is 55.0 Å². The number of hydrogen-bond acceptors (Lipinski definition) is 4. The molecule has 1 N–H and O–H groups in total. The molecule has 4 rings (SSSR count). The third-order valence-electron chi connectivity index (χ3n) is 3.91. The highest BCUT2D eigenvalue weighted by atomic mass is 16.3. The second-order valence-corrected chi connectivity index (χ2v) is 5.82. The Morgan fingerprint density at radius 2 is 1.85 bits per heavy atom. The van der Waals surface area contributed by atoms with Crippen molar-refractivity contribution >= 4 is 28.7 Å². The molecule has 1 amide bonds. The largest absolute Gasteiger partial charge is 0.465 e. The molecule has 4 aromatic rings. The van der Waals surface area contributed by atoms with Crippen molar-refractivity contribution < 1.29 is 9.21 Å². The minimum absolute atomic E-state index is 0.237. The topological polar surface area (TPSA) is 73.0 Å². The second kappa shape index (κ2) is 6.68. The van der Waals surface area contributed by atoms with E-state index in [1.54, 1.807) is 29.3 Å². The van der Waals surface area contributed by atoms with Gasteiger partial charge in [-0.25, -0.2) is 0 Å². The lowest BCUT2D eigenvalue weighted by molar-refractivity contribution is -0.111. The predicted molar refractivity (Wildman–Crippen MR) is 100.0 cm³/mol. The van der Waals surface area contributed by atoms with Crippen LogP contribution in [0.4, 0.5) is 5.69 Å². The first-order chi connectivity index (χ1) is 12.7. The zero-order valence-corrected chi connectivity index (χ0v) is 14.1. The molecule has 0 aliphatic carbocycles. The van der Waals surface area contributed by atoms with Crippen LogP contribution < -0.4 is 5.32 Å². The van der Waals surface area contributed by atoms with E-state index in [-0.39, 0.29) is 5.91 Å². The van der Waals surface area contributed by atoms with Gasteiger partial charge in [-0.15, -0.1) is 10.2 Å². The number of benzene rings is 2. The molecule has 128 valence electrons. The molecule has 0 aliphatic rings. The number of furan rings is 1. The van der Waals surface area contributed by atoms with Gasteiger partial charge in [-0.1, -0.05) is 18.2 Å². The van der Waals surface area contributed by atoms with E-state index >= 15 is 0 Å². The van der Waals surface area contributed by atoms with Crippen molar-refractivity contribution in [2.24, 2.45) is 0 Å². The van der Waals surface area contributed by atoms with Crippen LogP contribution in [0.2, 0.25) is 0 Å². The molecule has 0 saturated heterocycles. The molecule has 2 heterocycles. The number of amides is 1. The van der Waals surface area contributed by atoms with Crippen molar-refractivity contribution in [3.05, 3.63) is 78.3 Å². The van der Waals surface area contributed by atoms with E-state index in [0.29, 0.717) is 17.0 Å². The normalized spacial score (nSPS) is 11.3. The Morgan fingerprint density at radius 1 is 1.08 bits per heavy atom. The van der Waals surface area contributed by atoms with Crippen LogP contribution in [0.1, 0.15) is 11.3 Å². The third-order valence-corrected chi connectivity index (χ3v) is 3.91.